The molecule has 0 radical (unpaired) electrons. The van der Waals surface area contributed by atoms with Gasteiger partial charge in [-0.3, -0.25) is 10.1 Å². The van der Waals surface area contributed by atoms with Crippen molar-refractivity contribution in [3.8, 4) is 11.5 Å². The van der Waals surface area contributed by atoms with E-state index in [0.717, 1.165) is 30.0 Å². The lowest BCUT2D eigenvalue weighted by Gasteiger charge is -2.14. The summed E-state index contributed by atoms with van der Waals surface area (Å²) in [5, 5.41) is 5.94. The van der Waals surface area contributed by atoms with Gasteiger partial charge in [0.05, 0.1) is 12.7 Å². The summed E-state index contributed by atoms with van der Waals surface area (Å²) in [5.41, 5.74) is 2.50. The molecule has 1 atom stereocenters. The van der Waals surface area contributed by atoms with Gasteiger partial charge in [-0.05, 0) is 79.7 Å². The molecule has 0 aliphatic rings. The second-order valence-electron chi connectivity index (χ2n) is 7.38. The van der Waals surface area contributed by atoms with Crippen molar-refractivity contribution in [1.29, 1.82) is 0 Å². The van der Waals surface area contributed by atoms with Gasteiger partial charge in [0.25, 0.3) is 5.91 Å². The van der Waals surface area contributed by atoms with Crippen LogP contribution in [0.15, 0.2) is 78.9 Å². The zero-order chi connectivity index (χ0) is 22.8. The molecule has 3 rings (SSSR count). The van der Waals surface area contributed by atoms with Gasteiger partial charge in [0.15, 0.2) is 5.11 Å². The number of anilines is 1. The van der Waals surface area contributed by atoms with Gasteiger partial charge >= 0.3 is 0 Å². The number of nitrogens with one attached hydrogen (secondary N) is 2. The minimum absolute atomic E-state index is 0.162. The molecule has 1 unspecified atom stereocenters. The third-order valence-corrected chi connectivity index (χ3v) is 5.07. The molecule has 0 spiro atoms. The van der Waals surface area contributed by atoms with Crippen LogP contribution in [0.4, 0.5) is 5.69 Å². The van der Waals surface area contributed by atoms with Gasteiger partial charge in [0.2, 0.25) is 0 Å². The fourth-order valence-electron chi connectivity index (χ4n) is 2.90. The molecule has 0 fully saturated rings. The number of rotatable bonds is 9. The molecule has 1 amide bonds. The highest BCUT2D eigenvalue weighted by molar-refractivity contribution is 7.80. The number of benzene rings is 3. The normalized spacial score (nSPS) is 11.3. The van der Waals surface area contributed by atoms with E-state index in [-0.39, 0.29) is 17.1 Å². The average Bonchev–Trinajstić information content (AvgIpc) is 2.81. The van der Waals surface area contributed by atoms with Gasteiger partial charge in [-0.1, -0.05) is 37.3 Å². The first kappa shape index (κ1) is 23.3. The largest absolute Gasteiger partial charge is 0.493 e. The van der Waals surface area contributed by atoms with Crippen molar-refractivity contribution < 1.29 is 14.3 Å². The van der Waals surface area contributed by atoms with Crippen molar-refractivity contribution in [2.24, 2.45) is 0 Å². The van der Waals surface area contributed by atoms with E-state index in [1.165, 1.54) is 5.56 Å². The number of carbonyl (C=O) groups excluding carboxylic acids is 1. The molecule has 6 heteroatoms. The third kappa shape index (κ3) is 7.39. The predicted molar refractivity (Wildman–Crippen MR) is 133 cm³/mol. The molecule has 5 nitrogen and oxygen atoms in total. The van der Waals surface area contributed by atoms with Crippen LogP contribution in [-0.2, 0) is 6.42 Å². The Morgan fingerprint density at radius 1 is 0.938 bits per heavy atom. The Balaban J connectivity index is 1.45. The van der Waals surface area contributed by atoms with Crippen LogP contribution >= 0.6 is 12.2 Å². The van der Waals surface area contributed by atoms with Crippen molar-refractivity contribution >= 4 is 28.9 Å². The Bertz CT molecular complexity index is 1010. The van der Waals surface area contributed by atoms with E-state index in [1.807, 2.05) is 49.4 Å². The van der Waals surface area contributed by atoms with Crippen LogP contribution in [0.3, 0.4) is 0 Å². The zero-order valence-electron chi connectivity index (χ0n) is 18.3. The molecule has 0 aliphatic carbocycles. The summed E-state index contributed by atoms with van der Waals surface area (Å²) in [5.74, 6) is 1.24. The van der Waals surface area contributed by atoms with Gasteiger partial charge < -0.3 is 14.8 Å². The zero-order valence-corrected chi connectivity index (χ0v) is 19.2. The maximum atomic E-state index is 12.5. The number of ether oxygens (including phenoxy) is 2. The summed E-state index contributed by atoms with van der Waals surface area (Å²) >= 11 is 5.26. The number of hydrogen-bond donors (Lipinski definition) is 2. The molecule has 32 heavy (non-hydrogen) atoms. The topological polar surface area (TPSA) is 59.6 Å². The molecule has 166 valence electrons. The van der Waals surface area contributed by atoms with Crippen molar-refractivity contribution in [2.45, 2.75) is 32.8 Å². The van der Waals surface area contributed by atoms with Crippen LogP contribution in [0, 0.1) is 0 Å². The fourth-order valence-corrected chi connectivity index (χ4v) is 3.11. The highest BCUT2D eigenvalue weighted by Gasteiger charge is 2.09. The van der Waals surface area contributed by atoms with Crippen molar-refractivity contribution in [3.05, 3.63) is 90.0 Å². The van der Waals surface area contributed by atoms with Crippen LogP contribution in [0.25, 0.3) is 0 Å². The third-order valence-electron chi connectivity index (χ3n) is 4.87. The van der Waals surface area contributed by atoms with Crippen LogP contribution in [0.5, 0.6) is 11.5 Å². The molecule has 0 saturated carbocycles. The highest BCUT2D eigenvalue weighted by Crippen LogP contribution is 2.18. The smallest absolute Gasteiger partial charge is 0.257 e. The summed E-state index contributed by atoms with van der Waals surface area (Å²) in [6.07, 6.45) is 1.93. The quantitative estimate of drug-likeness (QED) is 0.417. The number of thiocarbonyl (C=S) groups is 1. The van der Waals surface area contributed by atoms with E-state index in [0.29, 0.717) is 12.2 Å². The van der Waals surface area contributed by atoms with Crippen LogP contribution in [0.1, 0.15) is 36.2 Å². The minimum atomic E-state index is -0.282. The first-order valence-electron chi connectivity index (χ1n) is 10.7. The van der Waals surface area contributed by atoms with E-state index in [1.54, 1.807) is 24.3 Å². The summed E-state index contributed by atoms with van der Waals surface area (Å²) in [7, 11) is 0. The van der Waals surface area contributed by atoms with Crippen molar-refractivity contribution in [2.75, 3.05) is 11.9 Å². The van der Waals surface area contributed by atoms with E-state index >= 15 is 0 Å². The summed E-state index contributed by atoms with van der Waals surface area (Å²) in [6, 6.07) is 24.6. The van der Waals surface area contributed by atoms with Crippen molar-refractivity contribution in [1.82, 2.24) is 5.32 Å². The molecule has 0 bridgehead atoms. The monoisotopic (exact) mass is 448 g/mol. The second kappa shape index (κ2) is 11.9. The Hall–Kier alpha value is -3.38. The maximum absolute atomic E-state index is 12.5. The standard InChI is InChI=1S/C26H28N2O3S/c1-3-19(2)31-24-15-11-22(12-16-24)27-26(32)28-25(29)21-9-13-23(14-10-21)30-18-17-20-7-5-4-6-8-20/h4-16,19H,3,17-18H2,1-2H3,(H2,27,28,29,32). The van der Waals surface area contributed by atoms with Gasteiger partial charge in [-0.15, -0.1) is 0 Å². The van der Waals surface area contributed by atoms with E-state index < -0.39 is 0 Å². The maximum Gasteiger partial charge on any atom is 0.257 e. The summed E-state index contributed by atoms with van der Waals surface area (Å²) in [4.78, 5) is 12.5. The van der Waals surface area contributed by atoms with Gasteiger partial charge in [0, 0.05) is 17.7 Å². The highest BCUT2D eigenvalue weighted by atomic mass is 32.1. The van der Waals surface area contributed by atoms with Gasteiger partial charge in [-0.2, -0.15) is 0 Å². The molecule has 0 aromatic heterocycles. The molecular formula is C26H28N2O3S. The van der Waals surface area contributed by atoms with Crippen LogP contribution < -0.4 is 20.1 Å². The molecule has 0 heterocycles. The fraction of sp³-hybridized carbons (Fsp3) is 0.231. The molecule has 0 saturated heterocycles. The number of hydrogen-bond acceptors (Lipinski definition) is 4. The minimum Gasteiger partial charge on any atom is -0.493 e. The van der Waals surface area contributed by atoms with Gasteiger partial charge in [0.1, 0.15) is 11.5 Å². The van der Waals surface area contributed by atoms with Crippen molar-refractivity contribution in [3.63, 3.8) is 0 Å². The van der Waals surface area contributed by atoms with Crippen LogP contribution in [0.2, 0.25) is 0 Å². The molecule has 3 aromatic rings. The van der Waals surface area contributed by atoms with E-state index in [4.69, 9.17) is 21.7 Å². The first-order chi connectivity index (χ1) is 15.5. The SMILES string of the molecule is CCC(C)Oc1ccc(NC(=S)NC(=O)c2ccc(OCCc3ccccc3)cc2)cc1. The molecular weight excluding hydrogens is 420 g/mol. The second-order valence-corrected chi connectivity index (χ2v) is 7.79. The number of amides is 1. The average molecular weight is 449 g/mol. The Kier molecular flexibility index (Phi) is 8.63. The summed E-state index contributed by atoms with van der Waals surface area (Å²) in [6.45, 7) is 4.68. The lowest BCUT2D eigenvalue weighted by atomic mass is 10.2. The Morgan fingerprint density at radius 2 is 1.59 bits per heavy atom. The lowest BCUT2D eigenvalue weighted by molar-refractivity contribution is 0.0977. The Labute approximate surface area is 194 Å². The molecule has 3 aromatic carbocycles. The molecule has 2 N–H and O–H groups in total. The molecule has 0 aliphatic heterocycles. The Morgan fingerprint density at radius 3 is 2.25 bits per heavy atom. The summed E-state index contributed by atoms with van der Waals surface area (Å²) < 4.78 is 11.5. The van der Waals surface area contributed by atoms with E-state index in [9.17, 15) is 4.79 Å². The lowest BCUT2D eigenvalue weighted by Crippen LogP contribution is -2.34. The number of carbonyl (C=O) groups is 1. The predicted octanol–water partition coefficient (Wildman–Crippen LogP) is 5.61. The van der Waals surface area contributed by atoms with E-state index in [2.05, 4.69) is 29.7 Å². The van der Waals surface area contributed by atoms with Crippen LogP contribution in [-0.4, -0.2) is 23.7 Å². The first-order valence-corrected chi connectivity index (χ1v) is 11.1. The van der Waals surface area contributed by atoms with Gasteiger partial charge in [-0.25, -0.2) is 0 Å².